The summed E-state index contributed by atoms with van der Waals surface area (Å²) in [5, 5.41) is 0. The molecule has 0 heterocycles. The van der Waals surface area contributed by atoms with Crippen LogP contribution in [0.3, 0.4) is 0 Å². The van der Waals surface area contributed by atoms with E-state index in [1.165, 1.54) is 0 Å². The summed E-state index contributed by atoms with van der Waals surface area (Å²) >= 11 is 0. The van der Waals surface area contributed by atoms with Crippen LogP contribution < -0.4 is 10.6 Å². The van der Waals surface area contributed by atoms with E-state index in [4.69, 9.17) is 10.5 Å². The maximum absolute atomic E-state index is 12.1. The van der Waals surface area contributed by atoms with Crippen molar-refractivity contribution in [3.8, 4) is 0 Å². The van der Waals surface area contributed by atoms with Gasteiger partial charge in [0.25, 0.3) is 0 Å². The van der Waals surface area contributed by atoms with Crippen molar-refractivity contribution in [2.75, 3.05) is 17.2 Å². The summed E-state index contributed by atoms with van der Waals surface area (Å²) in [5.41, 5.74) is 6.64. The Balaban J connectivity index is 2.88. The molecule has 1 aromatic rings. The zero-order chi connectivity index (χ0) is 13.8. The number of nitrogen functional groups attached to an aromatic ring is 1. The van der Waals surface area contributed by atoms with Crippen molar-refractivity contribution in [3.05, 3.63) is 24.3 Å². The zero-order valence-corrected chi connectivity index (χ0v) is 11.6. The molecule has 0 aliphatic carbocycles. The van der Waals surface area contributed by atoms with Gasteiger partial charge in [0.2, 0.25) is 0 Å². The molecule has 0 bridgehead atoms. The molecule has 0 aliphatic rings. The Morgan fingerprint density at radius 1 is 1.28 bits per heavy atom. The van der Waals surface area contributed by atoms with Gasteiger partial charge < -0.3 is 10.5 Å². The van der Waals surface area contributed by atoms with Gasteiger partial charge in [-0.1, -0.05) is 6.92 Å². The highest BCUT2D eigenvalue weighted by Crippen LogP contribution is 2.20. The lowest BCUT2D eigenvalue weighted by molar-refractivity contribution is 0.0580. The number of anilines is 2. The van der Waals surface area contributed by atoms with E-state index in [2.05, 4.69) is 0 Å². The first-order valence-electron chi connectivity index (χ1n) is 6.19. The third kappa shape index (κ3) is 4.28. The fraction of sp³-hybridized carbons (Fsp3) is 0.500. The van der Waals surface area contributed by atoms with E-state index in [0.717, 1.165) is 12.1 Å². The Hall–Kier alpha value is -1.71. The highest BCUT2D eigenvalue weighted by Gasteiger charge is 2.22. The van der Waals surface area contributed by atoms with E-state index in [1.807, 2.05) is 39.8 Å². The molecule has 0 aromatic heterocycles. The van der Waals surface area contributed by atoms with Gasteiger partial charge in [-0.05, 0) is 51.5 Å². The number of amides is 1. The first-order valence-corrected chi connectivity index (χ1v) is 6.19. The van der Waals surface area contributed by atoms with Crippen LogP contribution in [-0.4, -0.2) is 18.2 Å². The van der Waals surface area contributed by atoms with E-state index in [-0.39, 0.29) is 6.09 Å². The van der Waals surface area contributed by atoms with Gasteiger partial charge in [-0.3, -0.25) is 4.90 Å². The Labute approximate surface area is 109 Å². The molecular weight excluding hydrogens is 228 g/mol. The molecular formula is C14H22N2O2. The van der Waals surface area contributed by atoms with Gasteiger partial charge in [-0.15, -0.1) is 0 Å². The molecule has 0 saturated heterocycles. The second kappa shape index (κ2) is 5.76. The van der Waals surface area contributed by atoms with Crippen molar-refractivity contribution in [1.29, 1.82) is 0 Å². The minimum absolute atomic E-state index is 0.325. The van der Waals surface area contributed by atoms with E-state index in [1.54, 1.807) is 17.0 Å². The number of nitrogens with two attached hydrogens (primary N) is 1. The van der Waals surface area contributed by atoms with Crippen LogP contribution in [0.15, 0.2) is 24.3 Å². The van der Waals surface area contributed by atoms with Gasteiger partial charge in [-0.25, -0.2) is 4.79 Å². The topological polar surface area (TPSA) is 55.6 Å². The second-order valence-electron chi connectivity index (χ2n) is 5.22. The first kappa shape index (κ1) is 14.4. The molecule has 1 amide bonds. The molecule has 0 unspecified atom stereocenters. The zero-order valence-electron chi connectivity index (χ0n) is 11.6. The lowest BCUT2D eigenvalue weighted by atomic mass is 10.2. The van der Waals surface area contributed by atoms with Crippen molar-refractivity contribution >= 4 is 17.5 Å². The highest BCUT2D eigenvalue weighted by atomic mass is 16.6. The predicted octanol–water partition coefficient (Wildman–Crippen LogP) is 3.42. The Kier molecular flexibility index (Phi) is 4.59. The van der Waals surface area contributed by atoms with E-state index >= 15 is 0 Å². The van der Waals surface area contributed by atoms with Gasteiger partial charge >= 0.3 is 6.09 Å². The SMILES string of the molecule is CCCN(C(=O)OC(C)(C)C)c1ccc(N)cc1. The summed E-state index contributed by atoms with van der Waals surface area (Å²) in [7, 11) is 0. The number of hydrogen-bond donors (Lipinski definition) is 1. The van der Waals surface area contributed by atoms with E-state index in [0.29, 0.717) is 12.2 Å². The Bertz CT molecular complexity index is 393. The maximum atomic E-state index is 12.1. The molecule has 4 heteroatoms. The number of rotatable bonds is 3. The lowest BCUT2D eigenvalue weighted by Gasteiger charge is -2.27. The maximum Gasteiger partial charge on any atom is 0.414 e. The van der Waals surface area contributed by atoms with Crippen LogP contribution >= 0.6 is 0 Å². The average Bonchev–Trinajstić information content (AvgIpc) is 2.25. The molecule has 1 rings (SSSR count). The van der Waals surface area contributed by atoms with Crippen LogP contribution in [0.25, 0.3) is 0 Å². The van der Waals surface area contributed by atoms with Crippen molar-refractivity contribution in [1.82, 2.24) is 0 Å². The minimum atomic E-state index is -0.489. The smallest absolute Gasteiger partial charge is 0.414 e. The number of nitrogens with zero attached hydrogens (tertiary/aromatic N) is 1. The van der Waals surface area contributed by atoms with Gasteiger partial charge in [0.15, 0.2) is 0 Å². The molecule has 0 fully saturated rings. The van der Waals surface area contributed by atoms with Crippen LogP contribution in [0.5, 0.6) is 0 Å². The standard InChI is InChI=1S/C14H22N2O2/c1-5-10-16(13(17)18-14(2,3)4)12-8-6-11(15)7-9-12/h6-9H,5,10,15H2,1-4H3. The molecule has 0 saturated carbocycles. The quantitative estimate of drug-likeness (QED) is 0.836. The van der Waals surface area contributed by atoms with Crippen LogP contribution in [0.2, 0.25) is 0 Å². The summed E-state index contributed by atoms with van der Waals surface area (Å²) in [6, 6.07) is 7.22. The van der Waals surface area contributed by atoms with Gasteiger partial charge in [0.05, 0.1) is 0 Å². The first-order chi connectivity index (χ1) is 8.33. The normalized spacial score (nSPS) is 11.1. The van der Waals surface area contributed by atoms with Crippen LogP contribution in [0, 0.1) is 0 Å². The number of carbonyl (C=O) groups is 1. The lowest BCUT2D eigenvalue weighted by Crippen LogP contribution is -2.37. The monoisotopic (exact) mass is 250 g/mol. The summed E-state index contributed by atoms with van der Waals surface area (Å²) < 4.78 is 5.39. The molecule has 1 aromatic carbocycles. The molecule has 0 spiro atoms. The summed E-state index contributed by atoms with van der Waals surface area (Å²) in [6.45, 7) is 8.22. The summed E-state index contributed by atoms with van der Waals surface area (Å²) in [5.74, 6) is 0. The Morgan fingerprint density at radius 2 is 1.83 bits per heavy atom. The third-order valence-corrected chi connectivity index (χ3v) is 2.27. The molecule has 100 valence electrons. The van der Waals surface area contributed by atoms with Gasteiger partial charge in [0.1, 0.15) is 5.60 Å². The Morgan fingerprint density at radius 3 is 2.28 bits per heavy atom. The fourth-order valence-corrected chi connectivity index (χ4v) is 1.52. The highest BCUT2D eigenvalue weighted by molar-refractivity contribution is 5.88. The summed E-state index contributed by atoms with van der Waals surface area (Å²) in [6.07, 6.45) is 0.540. The fourth-order valence-electron chi connectivity index (χ4n) is 1.52. The second-order valence-corrected chi connectivity index (χ2v) is 5.22. The number of hydrogen-bond acceptors (Lipinski definition) is 3. The predicted molar refractivity (Wildman–Crippen MR) is 74.7 cm³/mol. The van der Waals surface area contributed by atoms with Gasteiger partial charge in [0, 0.05) is 17.9 Å². The van der Waals surface area contributed by atoms with Crippen LogP contribution in [0.4, 0.5) is 16.2 Å². The van der Waals surface area contributed by atoms with Crippen molar-refractivity contribution in [2.45, 2.75) is 39.7 Å². The third-order valence-electron chi connectivity index (χ3n) is 2.27. The van der Waals surface area contributed by atoms with E-state index in [9.17, 15) is 4.79 Å². The van der Waals surface area contributed by atoms with Crippen LogP contribution in [-0.2, 0) is 4.74 Å². The summed E-state index contributed by atoms with van der Waals surface area (Å²) in [4.78, 5) is 13.7. The largest absolute Gasteiger partial charge is 0.443 e. The average molecular weight is 250 g/mol. The number of ether oxygens (including phenoxy) is 1. The van der Waals surface area contributed by atoms with E-state index < -0.39 is 5.60 Å². The molecule has 0 aliphatic heterocycles. The van der Waals surface area contributed by atoms with Gasteiger partial charge in [-0.2, -0.15) is 0 Å². The number of carbonyl (C=O) groups excluding carboxylic acids is 1. The van der Waals surface area contributed by atoms with Crippen molar-refractivity contribution < 1.29 is 9.53 Å². The number of benzene rings is 1. The van der Waals surface area contributed by atoms with Crippen LogP contribution in [0.1, 0.15) is 34.1 Å². The molecule has 2 N–H and O–H groups in total. The van der Waals surface area contributed by atoms with Crippen molar-refractivity contribution in [2.24, 2.45) is 0 Å². The minimum Gasteiger partial charge on any atom is -0.443 e. The molecule has 4 nitrogen and oxygen atoms in total. The van der Waals surface area contributed by atoms with Crippen molar-refractivity contribution in [3.63, 3.8) is 0 Å². The molecule has 0 atom stereocenters. The molecule has 0 radical (unpaired) electrons. The molecule has 18 heavy (non-hydrogen) atoms.